The Bertz CT molecular complexity index is 892. The molecular weight excluding hydrogens is 292 g/mol. The van der Waals surface area contributed by atoms with Gasteiger partial charge in [-0.05, 0) is 25.9 Å². The lowest BCUT2D eigenvalue weighted by atomic mass is 9.94. The van der Waals surface area contributed by atoms with E-state index < -0.39 is 0 Å². The highest BCUT2D eigenvalue weighted by Gasteiger charge is 2.20. The van der Waals surface area contributed by atoms with Crippen LogP contribution in [-0.2, 0) is 7.05 Å². The van der Waals surface area contributed by atoms with Gasteiger partial charge in [-0.15, -0.1) is 0 Å². The highest BCUT2D eigenvalue weighted by atomic mass is 16.1. The molecule has 3 aromatic rings. The molecule has 1 fully saturated rings. The van der Waals surface area contributed by atoms with Gasteiger partial charge in [0.25, 0.3) is 5.56 Å². The van der Waals surface area contributed by atoms with Crippen molar-refractivity contribution in [3.05, 3.63) is 46.8 Å². The minimum atomic E-state index is -0.0956. The molecule has 4 heterocycles. The number of nitrogens with one attached hydrogen (secondary N) is 1. The molecule has 118 valence electrons. The summed E-state index contributed by atoms with van der Waals surface area (Å²) < 4.78 is 3.51. The third kappa shape index (κ3) is 2.43. The fraction of sp³-hybridized carbons (Fsp3) is 0.375. The Morgan fingerprint density at radius 2 is 2.00 bits per heavy atom. The van der Waals surface area contributed by atoms with Crippen LogP contribution in [0.15, 0.2) is 35.5 Å². The van der Waals surface area contributed by atoms with Crippen molar-refractivity contribution < 1.29 is 0 Å². The summed E-state index contributed by atoms with van der Waals surface area (Å²) >= 11 is 0. The molecule has 0 aliphatic carbocycles. The zero-order chi connectivity index (χ0) is 15.8. The standard InChI is InChI=1S/C16H18N6O/c1-21-14(11-2-4-17-5-3-11)9-16(23)22-15(21)8-12(20-22)13-10-18-6-7-19-13/h6-11,17H,2-5H2,1H3. The van der Waals surface area contributed by atoms with E-state index in [-0.39, 0.29) is 5.56 Å². The van der Waals surface area contributed by atoms with E-state index in [1.807, 2.05) is 13.1 Å². The molecule has 23 heavy (non-hydrogen) atoms. The Labute approximate surface area is 133 Å². The zero-order valence-electron chi connectivity index (χ0n) is 12.9. The number of aromatic nitrogens is 5. The maximum atomic E-state index is 12.5. The number of aryl methyl sites for hydroxylation is 1. The van der Waals surface area contributed by atoms with Gasteiger partial charge in [-0.1, -0.05) is 0 Å². The second-order valence-electron chi connectivity index (χ2n) is 5.88. The van der Waals surface area contributed by atoms with Crippen molar-refractivity contribution >= 4 is 5.65 Å². The van der Waals surface area contributed by atoms with E-state index >= 15 is 0 Å². The topological polar surface area (TPSA) is 77.1 Å². The molecule has 0 bridgehead atoms. The molecule has 0 unspecified atom stereocenters. The lowest BCUT2D eigenvalue weighted by Gasteiger charge is -2.25. The Balaban J connectivity index is 1.86. The van der Waals surface area contributed by atoms with Crippen LogP contribution in [-0.4, -0.2) is 37.2 Å². The summed E-state index contributed by atoms with van der Waals surface area (Å²) in [5.74, 6) is 0.411. The quantitative estimate of drug-likeness (QED) is 0.763. The summed E-state index contributed by atoms with van der Waals surface area (Å²) in [5, 5.41) is 7.76. The van der Waals surface area contributed by atoms with Gasteiger partial charge in [0.15, 0.2) is 0 Å². The van der Waals surface area contributed by atoms with Gasteiger partial charge in [-0.2, -0.15) is 9.61 Å². The van der Waals surface area contributed by atoms with Gasteiger partial charge in [0.05, 0.1) is 6.20 Å². The van der Waals surface area contributed by atoms with E-state index in [1.54, 1.807) is 24.7 Å². The van der Waals surface area contributed by atoms with Crippen molar-refractivity contribution in [1.82, 2.24) is 29.5 Å². The average Bonchev–Trinajstić information content (AvgIpc) is 3.06. The van der Waals surface area contributed by atoms with Gasteiger partial charge in [0.2, 0.25) is 0 Å². The minimum Gasteiger partial charge on any atom is -0.333 e. The maximum absolute atomic E-state index is 12.5. The van der Waals surface area contributed by atoms with E-state index in [0.29, 0.717) is 17.3 Å². The van der Waals surface area contributed by atoms with Crippen LogP contribution in [0, 0.1) is 0 Å². The molecule has 1 aliphatic rings. The summed E-state index contributed by atoms with van der Waals surface area (Å²) in [4.78, 5) is 20.8. The third-order valence-corrected chi connectivity index (χ3v) is 4.48. The van der Waals surface area contributed by atoms with Crippen molar-refractivity contribution in [1.29, 1.82) is 0 Å². The number of hydrogen-bond acceptors (Lipinski definition) is 5. The molecule has 0 saturated carbocycles. The first kappa shape index (κ1) is 14.1. The van der Waals surface area contributed by atoms with E-state index in [0.717, 1.165) is 37.3 Å². The van der Waals surface area contributed by atoms with Gasteiger partial charge in [0.1, 0.15) is 17.0 Å². The van der Waals surface area contributed by atoms with Crippen LogP contribution in [0.3, 0.4) is 0 Å². The molecule has 7 nitrogen and oxygen atoms in total. The summed E-state index contributed by atoms with van der Waals surface area (Å²) in [7, 11) is 1.99. The number of fused-ring (bicyclic) bond motifs is 1. The van der Waals surface area contributed by atoms with Crippen LogP contribution in [0.25, 0.3) is 17.0 Å². The normalized spacial score (nSPS) is 16.0. The number of nitrogens with zero attached hydrogens (tertiary/aromatic N) is 5. The van der Waals surface area contributed by atoms with Crippen molar-refractivity contribution in [2.75, 3.05) is 13.1 Å². The van der Waals surface area contributed by atoms with Gasteiger partial charge < -0.3 is 9.88 Å². The van der Waals surface area contributed by atoms with Crippen molar-refractivity contribution in [2.24, 2.45) is 7.05 Å². The molecule has 0 atom stereocenters. The van der Waals surface area contributed by atoms with Gasteiger partial charge in [0, 0.05) is 43.2 Å². The highest BCUT2D eigenvalue weighted by molar-refractivity contribution is 5.60. The van der Waals surface area contributed by atoms with Crippen LogP contribution >= 0.6 is 0 Å². The van der Waals surface area contributed by atoms with Crippen LogP contribution < -0.4 is 10.9 Å². The lowest BCUT2D eigenvalue weighted by molar-refractivity contribution is 0.443. The first-order chi connectivity index (χ1) is 11.2. The smallest absolute Gasteiger partial charge is 0.274 e. The van der Waals surface area contributed by atoms with Crippen LogP contribution in [0.4, 0.5) is 0 Å². The van der Waals surface area contributed by atoms with Crippen LogP contribution in [0.5, 0.6) is 0 Å². The first-order valence-electron chi connectivity index (χ1n) is 7.81. The SMILES string of the molecule is Cn1c(C2CCNCC2)cc(=O)n2nc(-c3cnccn3)cc12. The summed E-state index contributed by atoms with van der Waals surface area (Å²) in [6.07, 6.45) is 6.99. The second-order valence-corrected chi connectivity index (χ2v) is 5.88. The molecule has 0 aromatic carbocycles. The molecule has 0 spiro atoms. The summed E-state index contributed by atoms with van der Waals surface area (Å²) in [6.45, 7) is 1.99. The first-order valence-corrected chi connectivity index (χ1v) is 7.81. The average molecular weight is 310 g/mol. The van der Waals surface area contributed by atoms with Crippen molar-refractivity contribution in [3.8, 4) is 11.4 Å². The molecule has 1 N–H and O–H groups in total. The van der Waals surface area contributed by atoms with E-state index in [9.17, 15) is 4.79 Å². The molecule has 1 aliphatic heterocycles. The minimum absolute atomic E-state index is 0.0956. The molecule has 1 saturated heterocycles. The van der Waals surface area contributed by atoms with Gasteiger partial charge in [-0.25, -0.2) is 0 Å². The lowest BCUT2D eigenvalue weighted by Crippen LogP contribution is -2.29. The summed E-state index contributed by atoms with van der Waals surface area (Å²) in [6, 6.07) is 3.62. The fourth-order valence-electron chi connectivity index (χ4n) is 3.26. The van der Waals surface area contributed by atoms with Crippen molar-refractivity contribution in [2.45, 2.75) is 18.8 Å². The Hall–Kier alpha value is -2.54. The molecule has 0 radical (unpaired) electrons. The highest BCUT2D eigenvalue weighted by Crippen LogP contribution is 2.25. The predicted octanol–water partition coefficient (Wildman–Crippen LogP) is 0.957. The second kappa shape index (κ2) is 5.58. The number of piperidine rings is 1. The van der Waals surface area contributed by atoms with Crippen LogP contribution in [0.2, 0.25) is 0 Å². The zero-order valence-corrected chi connectivity index (χ0v) is 12.9. The van der Waals surface area contributed by atoms with Gasteiger partial charge >= 0.3 is 0 Å². The Morgan fingerprint density at radius 3 is 2.74 bits per heavy atom. The maximum Gasteiger partial charge on any atom is 0.274 e. The fourth-order valence-corrected chi connectivity index (χ4v) is 3.26. The van der Waals surface area contributed by atoms with Crippen molar-refractivity contribution in [3.63, 3.8) is 0 Å². The molecular formula is C16H18N6O. The van der Waals surface area contributed by atoms with E-state index in [1.165, 1.54) is 4.52 Å². The summed E-state index contributed by atoms with van der Waals surface area (Å²) in [5.41, 5.74) is 3.09. The molecule has 4 rings (SSSR count). The Morgan fingerprint density at radius 1 is 1.17 bits per heavy atom. The van der Waals surface area contributed by atoms with Crippen LogP contribution in [0.1, 0.15) is 24.5 Å². The monoisotopic (exact) mass is 310 g/mol. The van der Waals surface area contributed by atoms with E-state index in [2.05, 4.69) is 25.0 Å². The number of hydrogen-bond donors (Lipinski definition) is 1. The van der Waals surface area contributed by atoms with Gasteiger partial charge in [-0.3, -0.25) is 14.8 Å². The molecule has 3 aromatic heterocycles. The third-order valence-electron chi connectivity index (χ3n) is 4.48. The largest absolute Gasteiger partial charge is 0.333 e. The Kier molecular flexibility index (Phi) is 3.42. The molecule has 7 heteroatoms. The molecule has 0 amide bonds. The predicted molar refractivity (Wildman–Crippen MR) is 86.3 cm³/mol. The van der Waals surface area contributed by atoms with E-state index in [4.69, 9.17) is 0 Å². The number of rotatable bonds is 2.